The Balaban J connectivity index is 2.24. The Labute approximate surface area is 114 Å². The lowest BCUT2D eigenvalue weighted by Crippen LogP contribution is -2.40. The highest BCUT2D eigenvalue weighted by Crippen LogP contribution is 2.26. The van der Waals surface area contributed by atoms with Gasteiger partial charge in [-0.05, 0) is 16.3 Å². The molecule has 0 saturated heterocycles. The van der Waals surface area contributed by atoms with Gasteiger partial charge < -0.3 is 10.6 Å². The largest absolute Gasteiger partial charge is 0.341 e. The molecule has 0 fully saturated rings. The number of urea groups is 1. The zero-order valence-electron chi connectivity index (χ0n) is 11.7. The zero-order chi connectivity index (χ0) is 13.9. The van der Waals surface area contributed by atoms with Crippen molar-refractivity contribution in [2.75, 3.05) is 13.6 Å². The summed E-state index contributed by atoms with van der Waals surface area (Å²) in [5, 5.41) is 7.90. The van der Waals surface area contributed by atoms with Crippen LogP contribution < -0.4 is 10.6 Å². The number of rotatable bonds is 3. The molecule has 0 aliphatic rings. The summed E-state index contributed by atoms with van der Waals surface area (Å²) < 4.78 is 0. The summed E-state index contributed by atoms with van der Waals surface area (Å²) in [6.07, 6.45) is 0. The van der Waals surface area contributed by atoms with E-state index in [1.54, 1.807) is 7.05 Å². The molecule has 0 aliphatic heterocycles. The van der Waals surface area contributed by atoms with E-state index in [0.29, 0.717) is 6.54 Å². The molecule has 2 aromatic rings. The molecule has 0 spiro atoms. The van der Waals surface area contributed by atoms with E-state index < -0.39 is 0 Å². The van der Waals surface area contributed by atoms with Crippen molar-refractivity contribution >= 4 is 16.8 Å². The van der Waals surface area contributed by atoms with Crippen LogP contribution in [-0.2, 0) is 5.41 Å². The van der Waals surface area contributed by atoms with Gasteiger partial charge in [-0.1, -0.05) is 56.3 Å². The first-order valence-corrected chi connectivity index (χ1v) is 6.48. The number of benzene rings is 2. The van der Waals surface area contributed by atoms with E-state index in [2.05, 4.69) is 54.8 Å². The maximum atomic E-state index is 11.3. The van der Waals surface area contributed by atoms with Crippen LogP contribution in [0.4, 0.5) is 4.79 Å². The topological polar surface area (TPSA) is 41.1 Å². The van der Waals surface area contributed by atoms with Gasteiger partial charge >= 0.3 is 6.03 Å². The third-order valence-electron chi connectivity index (χ3n) is 3.45. The maximum Gasteiger partial charge on any atom is 0.314 e. The molecule has 2 N–H and O–H groups in total. The van der Waals surface area contributed by atoms with Gasteiger partial charge in [0.1, 0.15) is 0 Å². The van der Waals surface area contributed by atoms with E-state index in [4.69, 9.17) is 0 Å². The standard InChI is InChI=1S/C16H20N2O/c1-16(2,11-18-15(19)17-3)14-9-8-12-6-4-5-7-13(12)10-14/h4-10H,11H2,1-3H3,(H2,17,18,19). The molecule has 0 unspecified atom stereocenters. The van der Waals surface area contributed by atoms with E-state index in [1.807, 2.05) is 12.1 Å². The smallest absolute Gasteiger partial charge is 0.314 e. The summed E-state index contributed by atoms with van der Waals surface area (Å²) in [5.74, 6) is 0. The second-order valence-electron chi connectivity index (χ2n) is 5.38. The predicted molar refractivity (Wildman–Crippen MR) is 79.4 cm³/mol. The SMILES string of the molecule is CNC(=O)NCC(C)(C)c1ccc2ccccc2c1. The Morgan fingerprint density at radius 1 is 1.11 bits per heavy atom. The highest BCUT2D eigenvalue weighted by Gasteiger charge is 2.21. The lowest BCUT2D eigenvalue weighted by molar-refractivity contribution is 0.240. The Hall–Kier alpha value is -2.03. The maximum absolute atomic E-state index is 11.3. The number of fused-ring (bicyclic) bond motifs is 1. The molecule has 2 aromatic carbocycles. The average molecular weight is 256 g/mol. The zero-order valence-corrected chi connectivity index (χ0v) is 11.7. The van der Waals surface area contributed by atoms with Crippen LogP contribution in [0.15, 0.2) is 42.5 Å². The van der Waals surface area contributed by atoms with Gasteiger partial charge in [0.15, 0.2) is 0 Å². The third kappa shape index (κ3) is 3.05. The highest BCUT2D eigenvalue weighted by atomic mass is 16.2. The highest BCUT2D eigenvalue weighted by molar-refractivity contribution is 5.83. The van der Waals surface area contributed by atoms with Crippen molar-refractivity contribution in [3.8, 4) is 0 Å². The van der Waals surface area contributed by atoms with Gasteiger partial charge in [0, 0.05) is 19.0 Å². The van der Waals surface area contributed by atoms with Gasteiger partial charge in [-0.2, -0.15) is 0 Å². The fraction of sp³-hybridized carbons (Fsp3) is 0.312. The van der Waals surface area contributed by atoms with Crippen molar-refractivity contribution in [3.05, 3.63) is 48.0 Å². The van der Waals surface area contributed by atoms with Crippen LogP contribution in [0.25, 0.3) is 10.8 Å². The lowest BCUT2D eigenvalue weighted by Gasteiger charge is -2.26. The molecule has 0 bridgehead atoms. The molecule has 0 aliphatic carbocycles. The first-order valence-electron chi connectivity index (χ1n) is 6.48. The normalized spacial score (nSPS) is 11.3. The Kier molecular flexibility index (Phi) is 3.74. The van der Waals surface area contributed by atoms with E-state index >= 15 is 0 Å². The minimum atomic E-state index is -0.145. The van der Waals surface area contributed by atoms with Crippen LogP contribution in [0, 0.1) is 0 Å². The summed E-state index contributed by atoms with van der Waals surface area (Å²) in [4.78, 5) is 11.3. The molecule has 0 saturated carbocycles. The van der Waals surface area contributed by atoms with Crippen molar-refractivity contribution in [1.29, 1.82) is 0 Å². The molecule has 2 rings (SSSR count). The molecule has 3 nitrogen and oxygen atoms in total. The Bertz CT molecular complexity index is 590. The molecular weight excluding hydrogens is 236 g/mol. The first kappa shape index (κ1) is 13.4. The number of carbonyl (C=O) groups excluding carboxylic acids is 1. The minimum absolute atomic E-state index is 0.101. The number of hydrogen-bond donors (Lipinski definition) is 2. The average Bonchev–Trinajstić information content (AvgIpc) is 2.44. The van der Waals surface area contributed by atoms with Gasteiger partial charge in [-0.15, -0.1) is 0 Å². The van der Waals surface area contributed by atoms with Crippen LogP contribution >= 0.6 is 0 Å². The number of carbonyl (C=O) groups is 1. The van der Waals surface area contributed by atoms with Crippen LogP contribution in [0.2, 0.25) is 0 Å². The Morgan fingerprint density at radius 3 is 2.47 bits per heavy atom. The summed E-state index contributed by atoms with van der Waals surface area (Å²) in [6, 6.07) is 14.6. The third-order valence-corrected chi connectivity index (χ3v) is 3.45. The van der Waals surface area contributed by atoms with Crippen LogP contribution in [-0.4, -0.2) is 19.6 Å². The van der Waals surface area contributed by atoms with Gasteiger partial charge in [-0.25, -0.2) is 4.79 Å². The summed E-state index contributed by atoms with van der Waals surface area (Å²) in [7, 11) is 1.62. The number of hydrogen-bond acceptors (Lipinski definition) is 1. The molecule has 0 atom stereocenters. The predicted octanol–water partition coefficient (Wildman–Crippen LogP) is 3.05. The summed E-state index contributed by atoms with van der Waals surface area (Å²) in [5.41, 5.74) is 1.12. The number of nitrogens with one attached hydrogen (secondary N) is 2. The first-order chi connectivity index (χ1) is 9.03. The fourth-order valence-corrected chi connectivity index (χ4v) is 2.10. The molecule has 2 amide bonds. The van der Waals surface area contributed by atoms with E-state index in [1.165, 1.54) is 16.3 Å². The second-order valence-corrected chi connectivity index (χ2v) is 5.38. The summed E-state index contributed by atoms with van der Waals surface area (Å²) >= 11 is 0. The molecule has 0 radical (unpaired) electrons. The van der Waals surface area contributed by atoms with Gasteiger partial charge in [-0.3, -0.25) is 0 Å². The van der Waals surface area contributed by atoms with Crippen LogP contribution in [0.1, 0.15) is 19.4 Å². The Morgan fingerprint density at radius 2 is 1.79 bits per heavy atom. The molecular formula is C16H20N2O. The van der Waals surface area contributed by atoms with Crippen molar-refractivity contribution in [2.24, 2.45) is 0 Å². The van der Waals surface area contributed by atoms with E-state index in [-0.39, 0.29) is 11.4 Å². The van der Waals surface area contributed by atoms with Gasteiger partial charge in [0.2, 0.25) is 0 Å². The monoisotopic (exact) mass is 256 g/mol. The van der Waals surface area contributed by atoms with Gasteiger partial charge in [0.25, 0.3) is 0 Å². The number of amides is 2. The van der Waals surface area contributed by atoms with Gasteiger partial charge in [0.05, 0.1) is 0 Å². The van der Waals surface area contributed by atoms with E-state index in [9.17, 15) is 4.79 Å². The molecule has 100 valence electrons. The van der Waals surface area contributed by atoms with Crippen molar-refractivity contribution in [3.63, 3.8) is 0 Å². The quantitative estimate of drug-likeness (QED) is 0.870. The second kappa shape index (κ2) is 5.31. The molecule has 0 aromatic heterocycles. The van der Waals surface area contributed by atoms with Crippen LogP contribution in [0.5, 0.6) is 0 Å². The minimum Gasteiger partial charge on any atom is -0.341 e. The van der Waals surface area contributed by atoms with Crippen molar-refractivity contribution in [2.45, 2.75) is 19.3 Å². The molecule has 3 heteroatoms. The lowest BCUT2D eigenvalue weighted by atomic mass is 9.83. The summed E-state index contributed by atoms with van der Waals surface area (Å²) in [6.45, 7) is 4.87. The van der Waals surface area contributed by atoms with E-state index in [0.717, 1.165) is 0 Å². The van der Waals surface area contributed by atoms with Crippen molar-refractivity contribution < 1.29 is 4.79 Å². The molecule has 19 heavy (non-hydrogen) atoms. The fourth-order valence-electron chi connectivity index (χ4n) is 2.10. The van der Waals surface area contributed by atoms with Crippen molar-refractivity contribution in [1.82, 2.24) is 10.6 Å². The molecule has 0 heterocycles. The van der Waals surface area contributed by atoms with Crippen LogP contribution in [0.3, 0.4) is 0 Å².